The number of benzene rings is 5. The Labute approximate surface area is 316 Å². The molecule has 0 aromatic heterocycles. The minimum atomic E-state index is -0.803. The van der Waals surface area contributed by atoms with Gasteiger partial charge < -0.3 is 23.7 Å². The van der Waals surface area contributed by atoms with Gasteiger partial charge in [-0.15, -0.1) is 0 Å². The van der Waals surface area contributed by atoms with Crippen LogP contribution in [0, 0.1) is 11.8 Å². The van der Waals surface area contributed by atoms with Gasteiger partial charge in [0, 0.05) is 5.56 Å². The Morgan fingerprint density at radius 2 is 1.20 bits per heavy atom. The molecule has 1 aliphatic carbocycles. The summed E-state index contributed by atoms with van der Waals surface area (Å²) < 4.78 is 27.7. The van der Waals surface area contributed by atoms with Crippen LogP contribution in [0.1, 0.15) is 51.7 Å². The molecule has 2 aliphatic heterocycles. The van der Waals surface area contributed by atoms with Gasteiger partial charge in [0.05, 0.1) is 24.2 Å². The molecule has 5 aromatic rings. The van der Waals surface area contributed by atoms with E-state index in [0.29, 0.717) is 52.9 Å². The minimum absolute atomic E-state index is 0.0505. The zero-order valence-electron chi connectivity index (χ0n) is 29.4. The Morgan fingerprint density at radius 3 is 1.84 bits per heavy atom. The van der Waals surface area contributed by atoms with Crippen molar-refractivity contribution >= 4 is 35.7 Å². The van der Waals surface area contributed by atoms with E-state index in [0.717, 1.165) is 16.7 Å². The normalized spacial score (nSPS) is 20.1. The number of allylic oxidation sites excluding steroid dienone is 1. The lowest BCUT2D eigenvalue weighted by Crippen LogP contribution is -2.31. The van der Waals surface area contributed by atoms with Crippen molar-refractivity contribution in [3.05, 3.63) is 150 Å². The molecule has 0 amide bonds. The number of fused-ring (bicyclic) bond motifs is 3. The molecular weight excluding hydrogens is 700 g/mol. The van der Waals surface area contributed by atoms with Gasteiger partial charge in [0.15, 0.2) is 5.78 Å². The third kappa shape index (κ3) is 7.66. The van der Waals surface area contributed by atoms with Crippen molar-refractivity contribution < 1.29 is 47.7 Å². The molecule has 0 spiro atoms. The Bertz CT molecular complexity index is 2290. The lowest BCUT2D eigenvalue weighted by Gasteiger charge is -2.33. The summed E-state index contributed by atoms with van der Waals surface area (Å²) in [4.78, 5) is 61.9. The maximum absolute atomic E-state index is 12.7. The number of esters is 4. The van der Waals surface area contributed by atoms with Crippen molar-refractivity contribution in [2.75, 3.05) is 13.2 Å². The van der Waals surface area contributed by atoms with Gasteiger partial charge in [-0.25, -0.2) is 0 Å². The summed E-state index contributed by atoms with van der Waals surface area (Å²) in [6.45, 7) is 0.711. The highest BCUT2D eigenvalue weighted by atomic mass is 16.6. The van der Waals surface area contributed by atoms with Crippen LogP contribution in [0.2, 0.25) is 0 Å². The number of rotatable bonds is 12. The third-order valence-corrected chi connectivity index (χ3v) is 10.1. The SMILES string of the molecule is O=C1CC(C2CC3C(=O)OC(=O)C3c3cc(Oc4ccc(-c5ccc(OCCOc6ccc(/C=C/C(=O)c7ccccc7)cc6)cc5)cc4)ccc32)C(=O)O1. The van der Waals surface area contributed by atoms with Crippen LogP contribution in [-0.2, 0) is 28.7 Å². The van der Waals surface area contributed by atoms with Crippen LogP contribution in [0.4, 0.5) is 0 Å². The first kappa shape index (κ1) is 35.2. The summed E-state index contributed by atoms with van der Waals surface area (Å²) >= 11 is 0. The molecule has 0 radical (unpaired) electrons. The quantitative estimate of drug-likeness (QED) is 0.0410. The van der Waals surface area contributed by atoms with Crippen molar-refractivity contribution in [3.63, 3.8) is 0 Å². The van der Waals surface area contributed by atoms with Crippen LogP contribution in [0.15, 0.2) is 127 Å². The van der Waals surface area contributed by atoms with Gasteiger partial charge in [0.1, 0.15) is 36.2 Å². The molecule has 8 rings (SSSR count). The molecule has 10 heteroatoms. The number of ketones is 1. The van der Waals surface area contributed by atoms with Crippen LogP contribution >= 0.6 is 0 Å². The first-order chi connectivity index (χ1) is 26.8. The molecule has 5 aromatic carbocycles. The van der Waals surface area contributed by atoms with Crippen molar-refractivity contribution in [2.45, 2.75) is 24.7 Å². The highest BCUT2D eigenvalue weighted by Crippen LogP contribution is 2.52. The molecule has 4 unspecified atom stereocenters. The topological polar surface area (TPSA) is 132 Å². The predicted molar refractivity (Wildman–Crippen MR) is 200 cm³/mol. The second-order valence-electron chi connectivity index (χ2n) is 13.5. The number of cyclic esters (lactones) is 4. The molecule has 0 N–H and O–H groups in total. The molecule has 3 aliphatic rings. The summed E-state index contributed by atoms with van der Waals surface area (Å²) in [6.07, 6.45) is 3.48. The fraction of sp³-hybridized carbons (Fsp3) is 0.178. The van der Waals surface area contributed by atoms with E-state index in [4.69, 9.17) is 23.7 Å². The van der Waals surface area contributed by atoms with Gasteiger partial charge in [-0.2, -0.15) is 0 Å². The largest absolute Gasteiger partial charge is 0.490 e. The molecule has 274 valence electrons. The predicted octanol–water partition coefficient (Wildman–Crippen LogP) is 7.86. The molecule has 10 nitrogen and oxygen atoms in total. The van der Waals surface area contributed by atoms with E-state index in [2.05, 4.69) is 0 Å². The van der Waals surface area contributed by atoms with E-state index in [1.54, 1.807) is 42.5 Å². The summed E-state index contributed by atoms with van der Waals surface area (Å²) in [7, 11) is 0. The molecule has 4 atom stereocenters. The number of carbonyl (C=O) groups excluding carboxylic acids is 5. The number of carbonyl (C=O) groups is 5. The minimum Gasteiger partial charge on any atom is -0.490 e. The second-order valence-corrected chi connectivity index (χ2v) is 13.5. The van der Waals surface area contributed by atoms with Crippen LogP contribution in [0.5, 0.6) is 23.0 Å². The van der Waals surface area contributed by atoms with Gasteiger partial charge in [-0.1, -0.05) is 78.9 Å². The Kier molecular flexibility index (Phi) is 9.78. The van der Waals surface area contributed by atoms with Crippen molar-refractivity contribution in [1.82, 2.24) is 0 Å². The summed E-state index contributed by atoms with van der Waals surface area (Å²) in [5.41, 5.74) is 4.75. The average Bonchev–Trinajstić information content (AvgIpc) is 3.71. The first-order valence-electron chi connectivity index (χ1n) is 17.9. The fourth-order valence-electron chi connectivity index (χ4n) is 7.38. The summed E-state index contributed by atoms with van der Waals surface area (Å²) in [5, 5.41) is 0. The molecule has 0 bridgehead atoms. The Morgan fingerprint density at radius 1 is 0.600 bits per heavy atom. The molecule has 2 fully saturated rings. The highest BCUT2D eigenvalue weighted by Gasteiger charge is 2.53. The maximum atomic E-state index is 12.7. The number of hydrogen-bond acceptors (Lipinski definition) is 10. The van der Waals surface area contributed by atoms with E-state index in [9.17, 15) is 24.0 Å². The lowest BCUT2D eigenvalue weighted by atomic mass is 9.67. The van der Waals surface area contributed by atoms with Crippen LogP contribution in [-0.4, -0.2) is 42.9 Å². The van der Waals surface area contributed by atoms with Gasteiger partial charge in [-0.3, -0.25) is 24.0 Å². The zero-order valence-corrected chi connectivity index (χ0v) is 29.4. The van der Waals surface area contributed by atoms with E-state index >= 15 is 0 Å². The van der Waals surface area contributed by atoms with Crippen LogP contribution in [0.3, 0.4) is 0 Å². The summed E-state index contributed by atoms with van der Waals surface area (Å²) in [5.74, 6) is -2.84. The van der Waals surface area contributed by atoms with Crippen molar-refractivity contribution in [1.29, 1.82) is 0 Å². The average molecular weight is 735 g/mol. The first-order valence-corrected chi connectivity index (χ1v) is 17.9. The monoisotopic (exact) mass is 734 g/mol. The molecule has 2 saturated heterocycles. The van der Waals surface area contributed by atoms with Gasteiger partial charge in [-0.05, 0) is 94.8 Å². The van der Waals surface area contributed by atoms with E-state index in [1.807, 2.05) is 91.0 Å². The van der Waals surface area contributed by atoms with Gasteiger partial charge >= 0.3 is 23.9 Å². The van der Waals surface area contributed by atoms with E-state index < -0.39 is 47.5 Å². The summed E-state index contributed by atoms with van der Waals surface area (Å²) in [6, 6.07) is 37.1. The molecule has 2 heterocycles. The number of ether oxygens (including phenoxy) is 5. The zero-order chi connectivity index (χ0) is 37.9. The Hall–Kier alpha value is -6.81. The fourth-order valence-corrected chi connectivity index (χ4v) is 7.38. The third-order valence-electron chi connectivity index (χ3n) is 10.1. The highest BCUT2D eigenvalue weighted by molar-refractivity contribution is 6.06. The van der Waals surface area contributed by atoms with Gasteiger partial charge in [0.2, 0.25) is 0 Å². The van der Waals surface area contributed by atoms with Crippen molar-refractivity contribution in [2.24, 2.45) is 11.8 Å². The molecule has 55 heavy (non-hydrogen) atoms. The van der Waals surface area contributed by atoms with Crippen molar-refractivity contribution in [3.8, 4) is 34.1 Å². The second kappa shape index (κ2) is 15.3. The van der Waals surface area contributed by atoms with Gasteiger partial charge in [0.25, 0.3) is 0 Å². The lowest BCUT2D eigenvalue weighted by molar-refractivity contribution is -0.155. The number of hydrogen-bond donors (Lipinski definition) is 0. The van der Waals surface area contributed by atoms with E-state index in [-0.39, 0.29) is 18.6 Å². The standard InChI is InChI=1S/C45H34O10/c46-40(30-4-2-1-3-5-30)21-8-27-6-13-31(14-7-27)51-22-23-52-32-15-9-28(10-16-32)29-11-17-33(18-12-29)53-34-19-20-35-36(38-26-41(47)54-43(38)48)25-39-42(37(35)24-34)45(50)55-44(39)49/h1-21,24,36,38-39,42H,22-23,25-26H2/b21-8+. The maximum Gasteiger partial charge on any atom is 0.321 e. The Balaban J connectivity index is 0.846. The molecule has 0 saturated carbocycles. The van der Waals surface area contributed by atoms with Crippen LogP contribution < -0.4 is 14.2 Å². The smallest absolute Gasteiger partial charge is 0.321 e. The van der Waals surface area contributed by atoms with Crippen LogP contribution in [0.25, 0.3) is 17.2 Å². The molecular formula is C45H34O10. The van der Waals surface area contributed by atoms with E-state index in [1.165, 1.54) is 0 Å².